The molecule has 34 heavy (non-hydrogen) atoms. The van der Waals surface area contributed by atoms with E-state index in [4.69, 9.17) is 19.7 Å². The molecule has 0 bridgehead atoms. The number of hydrogen-bond donors (Lipinski definition) is 3. The van der Waals surface area contributed by atoms with Crippen LogP contribution in [0.25, 0.3) is 11.1 Å². The summed E-state index contributed by atoms with van der Waals surface area (Å²) in [5, 5.41) is 20.3. The third-order valence-corrected chi connectivity index (χ3v) is 5.76. The number of carboxylic acids is 1. The van der Waals surface area contributed by atoms with Crippen LogP contribution in [0.4, 0.5) is 4.79 Å². The lowest BCUT2D eigenvalue weighted by atomic mass is 9.98. The molecule has 182 valence electrons. The van der Waals surface area contributed by atoms with E-state index in [1.54, 1.807) is 0 Å². The Morgan fingerprint density at radius 1 is 1.03 bits per heavy atom. The summed E-state index contributed by atoms with van der Waals surface area (Å²) in [6.45, 7) is 0.559. The quantitative estimate of drug-likeness (QED) is 0.406. The molecule has 0 aliphatic heterocycles. The zero-order chi connectivity index (χ0) is 24.5. The lowest BCUT2D eigenvalue weighted by molar-refractivity contribution is -0.138. The molecule has 1 aliphatic carbocycles. The molecular weight excluding hydrogens is 440 g/mol. The molecule has 0 aromatic heterocycles. The van der Waals surface area contributed by atoms with Crippen molar-refractivity contribution < 1.29 is 34.1 Å². The lowest BCUT2D eigenvalue weighted by Crippen LogP contribution is -2.48. The van der Waals surface area contributed by atoms with Crippen molar-refractivity contribution in [3.8, 4) is 11.1 Å². The van der Waals surface area contributed by atoms with Crippen molar-refractivity contribution in [3.05, 3.63) is 59.7 Å². The van der Waals surface area contributed by atoms with Crippen LogP contribution >= 0.6 is 0 Å². The largest absolute Gasteiger partial charge is 0.481 e. The van der Waals surface area contributed by atoms with Crippen molar-refractivity contribution in [2.24, 2.45) is 0 Å². The maximum atomic E-state index is 12.8. The summed E-state index contributed by atoms with van der Waals surface area (Å²) in [6, 6.07) is 14.9. The van der Waals surface area contributed by atoms with Crippen LogP contribution in [0.5, 0.6) is 0 Å². The van der Waals surface area contributed by atoms with Gasteiger partial charge in [-0.05, 0) is 28.7 Å². The molecule has 3 rings (SSSR count). The molecule has 0 saturated carbocycles. The van der Waals surface area contributed by atoms with Crippen LogP contribution in [0, 0.1) is 0 Å². The summed E-state index contributed by atoms with van der Waals surface area (Å²) < 4.78 is 10.7. The predicted molar refractivity (Wildman–Crippen MR) is 124 cm³/mol. The lowest BCUT2D eigenvalue weighted by Gasteiger charge is -2.24. The molecule has 0 spiro atoms. The fourth-order valence-electron chi connectivity index (χ4n) is 4.05. The van der Waals surface area contributed by atoms with Crippen LogP contribution in [0.15, 0.2) is 48.5 Å². The summed E-state index contributed by atoms with van der Waals surface area (Å²) in [5.41, 5.74) is 4.34. The zero-order valence-corrected chi connectivity index (χ0v) is 19.1. The van der Waals surface area contributed by atoms with E-state index in [2.05, 4.69) is 5.32 Å². The van der Waals surface area contributed by atoms with Crippen LogP contribution in [0.2, 0.25) is 0 Å². The van der Waals surface area contributed by atoms with Crippen molar-refractivity contribution >= 4 is 18.0 Å². The van der Waals surface area contributed by atoms with Crippen molar-refractivity contribution in [3.63, 3.8) is 0 Å². The number of nitrogens with one attached hydrogen (secondary N) is 1. The highest BCUT2D eigenvalue weighted by Crippen LogP contribution is 2.44. The number of amides is 2. The van der Waals surface area contributed by atoms with Crippen LogP contribution in [-0.2, 0) is 19.1 Å². The topological polar surface area (TPSA) is 125 Å². The summed E-state index contributed by atoms with van der Waals surface area (Å²) in [6.07, 6.45) is -1.13. The monoisotopic (exact) mass is 470 g/mol. The van der Waals surface area contributed by atoms with Crippen LogP contribution in [0.1, 0.15) is 29.9 Å². The number of aliphatic hydroxyl groups is 1. The summed E-state index contributed by atoms with van der Waals surface area (Å²) >= 11 is 0. The fourth-order valence-corrected chi connectivity index (χ4v) is 4.05. The average Bonchev–Trinajstić information content (AvgIpc) is 3.16. The van der Waals surface area contributed by atoms with E-state index in [9.17, 15) is 14.4 Å². The highest BCUT2D eigenvalue weighted by molar-refractivity contribution is 5.86. The summed E-state index contributed by atoms with van der Waals surface area (Å²) in [5.74, 6) is -1.64. The number of alkyl carbamates (subject to hydrolysis) is 1. The molecule has 9 heteroatoms. The van der Waals surface area contributed by atoms with Crippen molar-refractivity contribution in [1.82, 2.24) is 10.2 Å². The van der Waals surface area contributed by atoms with Crippen molar-refractivity contribution in [2.45, 2.75) is 24.8 Å². The van der Waals surface area contributed by atoms with Gasteiger partial charge in [0.05, 0.1) is 19.8 Å². The molecule has 0 fully saturated rings. The Morgan fingerprint density at radius 2 is 1.65 bits per heavy atom. The predicted octanol–water partition coefficient (Wildman–Crippen LogP) is 2.23. The van der Waals surface area contributed by atoms with E-state index in [0.29, 0.717) is 0 Å². The average molecular weight is 471 g/mol. The molecule has 1 atom stereocenters. The van der Waals surface area contributed by atoms with E-state index in [1.165, 1.54) is 11.9 Å². The first-order chi connectivity index (χ1) is 16.4. The van der Waals surface area contributed by atoms with E-state index >= 15 is 0 Å². The molecule has 0 heterocycles. The Balaban J connectivity index is 1.62. The third kappa shape index (κ3) is 6.33. The smallest absolute Gasteiger partial charge is 0.407 e. The minimum absolute atomic E-state index is 0.0692. The van der Waals surface area contributed by atoms with Crippen molar-refractivity contribution in [2.75, 3.05) is 40.0 Å². The van der Waals surface area contributed by atoms with Gasteiger partial charge in [0.25, 0.3) is 0 Å². The third-order valence-electron chi connectivity index (χ3n) is 5.76. The van der Waals surface area contributed by atoms with Gasteiger partial charge < -0.3 is 29.9 Å². The highest BCUT2D eigenvalue weighted by Gasteiger charge is 2.30. The Morgan fingerprint density at radius 3 is 2.24 bits per heavy atom. The Kier molecular flexibility index (Phi) is 9.00. The molecule has 0 radical (unpaired) electrons. The van der Waals surface area contributed by atoms with Gasteiger partial charge in [0.1, 0.15) is 12.6 Å². The minimum Gasteiger partial charge on any atom is -0.481 e. The van der Waals surface area contributed by atoms with Crippen LogP contribution in [0.3, 0.4) is 0 Å². The van der Waals surface area contributed by atoms with E-state index in [1.807, 2.05) is 48.5 Å². The van der Waals surface area contributed by atoms with E-state index < -0.39 is 24.0 Å². The number of carbonyl (C=O) groups excluding carboxylic acids is 2. The second-order valence-electron chi connectivity index (χ2n) is 8.05. The highest BCUT2D eigenvalue weighted by atomic mass is 16.5. The van der Waals surface area contributed by atoms with Gasteiger partial charge in [0.15, 0.2) is 0 Å². The molecule has 3 N–H and O–H groups in total. The number of ether oxygens (including phenoxy) is 2. The van der Waals surface area contributed by atoms with Crippen LogP contribution in [-0.4, -0.2) is 79.1 Å². The first-order valence-corrected chi connectivity index (χ1v) is 11.2. The zero-order valence-electron chi connectivity index (χ0n) is 19.1. The summed E-state index contributed by atoms with van der Waals surface area (Å²) in [7, 11) is 1.54. The summed E-state index contributed by atoms with van der Waals surface area (Å²) in [4.78, 5) is 37.8. The maximum absolute atomic E-state index is 12.8. The van der Waals surface area contributed by atoms with Gasteiger partial charge in [0, 0.05) is 25.9 Å². The number of benzene rings is 2. The number of nitrogens with zero attached hydrogens (tertiary/aromatic N) is 1. The fraction of sp³-hybridized carbons (Fsp3) is 0.400. The second kappa shape index (κ2) is 12.2. The number of likely N-dealkylation sites (N-methyl/N-ethyl adjacent to an activating group) is 1. The normalized spacial score (nSPS) is 13.0. The van der Waals surface area contributed by atoms with Crippen LogP contribution < -0.4 is 5.32 Å². The molecule has 2 aromatic carbocycles. The number of hydrogen-bond acceptors (Lipinski definition) is 6. The molecule has 1 aliphatic rings. The number of carboxylic acid groups (broad SMARTS) is 1. The van der Waals surface area contributed by atoms with Gasteiger partial charge in [0.2, 0.25) is 5.91 Å². The Hall–Kier alpha value is -3.43. The second-order valence-corrected chi connectivity index (χ2v) is 8.05. The van der Waals surface area contributed by atoms with E-state index in [0.717, 1.165) is 22.3 Å². The Bertz CT molecular complexity index is 965. The molecular formula is C25H30N2O7. The van der Waals surface area contributed by atoms with Gasteiger partial charge >= 0.3 is 12.1 Å². The van der Waals surface area contributed by atoms with E-state index in [-0.39, 0.29) is 51.7 Å². The number of carbonyl (C=O) groups is 3. The maximum Gasteiger partial charge on any atom is 0.407 e. The van der Waals surface area contributed by atoms with Gasteiger partial charge in [-0.2, -0.15) is 0 Å². The standard InChI is InChI=1S/C25H30N2O7/c1-27(12-14-33-15-13-28)24(31)22(10-11-23(29)30)26-25(32)34-16-21-19-8-4-2-6-17(19)18-7-3-5-9-20(18)21/h2-9,21-22,28H,10-16H2,1H3,(H,26,32)(H,29,30). The van der Waals surface area contributed by atoms with Crippen molar-refractivity contribution in [1.29, 1.82) is 0 Å². The van der Waals surface area contributed by atoms with Gasteiger partial charge in [-0.1, -0.05) is 48.5 Å². The number of fused-ring (bicyclic) bond motifs is 3. The molecule has 2 aromatic rings. The van der Waals surface area contributed by atoms with Gasteiger partial charge in [-0.25, -0.2) is 4.79 Å². The minimum atomic E-state index is -1.07. The van der Waals surface area contributed by atoms with Gasteiger partial charge in [-0.15, -0.1) is 0 Å². The Labute approximate surface area is 198 Å². The first kappa shape index (κ1) is 25.2. The molecule has 0 saturated heterocycles. The number of rotatable bonds is 12. The molecule has 9 nitrogen and oxygen atoms in total. The molecule has 1 unspecified atom stereocenters. The SMILES string of the molecule is CN(CCOCCO)C(=O)C(CCC(=O)O)NC(=O)OCC1c2ccccc2-c2ccccc21. The number of aliphatic hydroxyl groups excluding tert-OH is 1. The number of aliphatic carboxylic acids is 1. The first-order valence-electron chi connectivity index (χ1n) is 11.2. The van der Waals surface area contributed by atoms with Gasteiger partial charge in [-0.3, -0.25) is 9.59 Å². The molecule has 2 amide bonds.